The predicted octanol–water partition coefficient (Wildman–Crippen LogP) is 2.91. The molecule has 1 aromatic heterocycles. The maximum absolute atomic E-state index is 6.24. The standard InChI is InChI=1S/C28H38N6O3/c1-20(17-32(2)3)37-28-30-25-18-34(12-9-24(25)27(31-28)33-13-10-29-11-14-33)26-16-22(36-19-35-4)15-21-7-5-6-8-23(21)26/h5-8,15-16,20,29H,9-14,17-19H2,1-4H3/t20-/m1/s1. The van der Waals surface area contributed by atoms with Crippen molar-refractivity contribution < 1.29 is 14.2 Å². The molecule has 3 aromatic rings. The Bertz CT molecular complexity index is 1210. The highest BCUT2D eigenvalue weighted by Crippen LogP contribution is 2.36. The van der Waals surface area contributed by atoms with Crippen molar-refractivity contribution in [1.82, 2.24) is 20.2 Å². The van der Waals surface area contributed by atoms with Gasteiger partial charge in [-0.25, -0.2) is 0 Å². The van der Waals surface area contributed by atoms with Crippen LogP contribution in [0.4, 0.5) is 11.5 Å². The van der Waals surface area contributed by atoms with Gasteiger partial charge in [-0.1, -0.05) is 24.3 Å². The second kappa shape index (κ2) is 11.5. The number of nitrogens with zero attached hydrogens (tertiary/aromatic N) is 5. The smallest absolute Gasteiger partial charge is 0.318 e. The molecule has 9 nitrogen and oxygen atoms in total. The maximum Gasteiger partial charge on any atom is 0.318 e. The van der Waals surface area contributed by atoms with Gasteiger partial charge in [-0.15, -0.1) is 0 Å². The van der Waals surface area contributed by atoms with E-state index in [2.05, 4.69) is 63.3 Å². The van der Waals surface area contributed by atoms with E-state index in [0.29, 0.717) is 12.6 Å². The molecule has 2 aromatic carbocycles. The number of anilines is 2. The lowest BCUT2D eigenvalue weighted by molar-refractivity contribution is 0.0512. The summed E-state index contributed by atoms with van der Waals surface area (Å²) in [6.45, 7) is 8.43. The summed E-state index contributed by atoms with van der Waals surface area (Å²) in [7, 11) is 5.73. The largest absolute Gasteiger partial charge is 0.467 e. The van der Waals surface area contributed by atoms with Crippen LogP contribution in [0.1, 0.15) is 18.2 Å². The Morgan fingerprint density at radius 2 is 1.86 bits per heavy atom. The van der Waals surface area contributed by atoms with Crippen molar-refractivity contribution in [2.75, 3.05) is 77.1 Å². The van der Waals surface area contributed by atoms with Gasteiger partial charge in [0.25, 0.3) is 0 Å². The Hall–Kier alpha value is -3.14. The van der Waals surface area contributed by atoms with Gasteiger partial charge in [0.05, 0.1) is 12.2 Å². The third kappa shape index (κ3) is 5.89. The molecule has 0 spiro atoms. The number of methoxy groups -OCH3 is 1. The summed E-state index contributed by atoms with van der Waals surface area (Å²) < 4.78 is 17.2. The van der Waals surface area contributed by atoms with Crippen molar-refractivity contribution in [2.24, 2.45) is 0 Å². The predicted molar refractivity (Wildman–Crippen MR) is 147 cm³/mol. The summed E-state index contributed by atoms with van der Waals surface area (Å²) in [4.78, 5) is 16.8. The van der Waals surface area contributed by atoms with Crippen LogP contribution in [-0.2, 0) is 17.7 Å². The van der Waals surface area contributed by atoms with E-state index in [9.17, 15) is 0 Å². The molecule has 5 rings (SSSR count). The van der Waals surface area contributed by atoms with Gasteiger partial charge in [0.1, 0.15) is 17.7 Å². The van der Waals surface area contributed by atoms with Crippen molar-refractivity contribution in [3.05, 3.63) is 47.7 Å². The van der Waals surface area contributed by atoms with Crippen LogP contribution in [0, 0.1) is 0 Å². The summed E-state index contributed by atoms with van der Waals surface area (Å²) >= 11 is 0. The normalized spacial score (nSPS) is 16.7. The third-order valence-electron chi connectivity index (χ3n) is 6.87. The molecule has 198 valence electrons. The Morgan fingerprint density at radius 1 is 1.05 bits per heavy atom. The average Bonchev–Trinajstić information content (AvgIpc) is 2.90. The van der Waals surface area contributed by atoms with E-state index in [1.807, 2.05) is 14.1 Å². The fraction of sp³-hybridized carbons (Fsp3) is 0.500. The first-order valence-corrected chi connectivity index (χ1v) is 13.1. The lowest BCUT2D eigenvalue weighted by Crippen LogP contribution is -2.45. The number of rotatable bonds is 9. The lowest BCUT2D eigenvalue weighted by Gasteiger charge is -2.35. The van der Waals surface area contributed by atoms with E-state index in [4.69, 9.17) is 24.2 Å². The second-order valence-corrected chi connectivity index (χ2v) is 10.1. The Morgan fingerprint density at radius 3 is 2.65 bits per heavy atom. The zero-order valence-corrected chi connectivity index (χ0v) is 22.4. The van der Waals surface area contributed by atoms with Gasteiger partial charge < -0.3 is 34.2 Å². The number of aromatic nitrogens is 2. The van der Waals surface area contributed by atoms with Crippen LogP contribution >= 0.6 is 0 Å². The Balaban J connectivity index is 1.50. The molecule has 2 aliphatic heterocycles. The Kier molecular flexibility index (Phi) is 7.93. The van der Waals surface area contributed by atoms with Gasteiger partial charge in [-0.2, -0.15) is 9.97 Å². The maximum atomic E-state index is 6.24. The number of fused-ring (bicyclic) bond motifs is 2. The van der Waals surface area contributed by atoms with E-state index in [-0.39, 0.29) is 12.9 Å². The average molecular weight is 507 g/mol. The molecule has 0 aliphatic carbocycles. The van der Waals surface area contributed by atoms with Gasteiger partial charge >= 0.3 is 6.01 Å². The minimum Gasteiger partial charge on any atom is -0.467 e. The molecule has 0 radical (unpaired) electrons. The monoisotopic (exact) mass is 506 g/mol. The highest BCUT2D eigenvalue weighted by molar-refractivity contribution is 5.95. The third-order valence-corrected chi connectivity index (χ3v) is 6.87. The second-order valence-electron chi connectivity index (χ2n) is 10.1. The quantitative estimate of drug-likeness (QED) is 0.441. The van der Waals surface area contributed by atoms with Crippen LogP contribution in [0.3, 0.4) is 0 Å². The van der Waals surface area contributed by atoms with Crippen LogP contribution in [0.2, 0.25) is 0 Å². The number of hydrogen-bond donors (Lipinski definition) is 1. The van der Waals surface area contributed by atoms with Crippen LogP contribution in [-0.4, -0.2) is 88.2 Å². The molecule has 0 bridgehead atoms. The number of hydrogen-bond acceptors (Lipinski definition) is 9. The van der Waals surface area contributed by atoms with Gasteiger partial charge in [-0.05, 0) is 38.9 Å². The molecule has 3 heterocycles. The molecular formula is C28H38N6O3. The summed E-state index contributed by atoms with van der Waals surface area (Å²) in [5.41, 5.74) is 3.41. The highest BCUT2D eigenvalue weighted by atomic mass is 16.7. The molecule has 0 amide bonds. The van der Waals surface area contributed by atoms with Crippen LogP contribution in [0.25, 0.3) is 10.8 Å². The zero-order chi connectivity index (χ0) is 25.8. The summed E-state index contributed by atoms with van der Waals surface area (Å²) in [5, 5.41) is 5.79. The van der Waals surface area contributed by atoms with E-state index >= 15 is 0 Å². The lowest BCUT2D eigenvalue weighted by atomic mass is 10.0. The minimum atomic E-state index is -0.0119. The molecule has 0 unspecified atom stereocenters. The van der Waals surface area contributed by atoms with Gasteiger partial charge in [0.2, 0.25) is 0 Å². The molecule has 2 aliphatic rings. The van der Waals surface area contributed by atoms with E-state index in [1.165, 1.54) is 10.9 Å². The van der Waals surface area contributed by atoms with E-state index in [1.54, 1.807) is 7.11 Å². The number of likely N-dealkylation sites (N-methyl/N-ethyl adjacent to an activating group) is 1. The number of benzene rings is 2. The highest BCUT2D eigenvalue weighted by Gasteiger charge is 2.28. The van der Waals surface area contributed by atoms with Gasteiger partial charge in [-0.3, -0.25) is 0 Å². The minimum absolute atomic E-state index is 0.0119. The molecule has 9 heteroatoms. The van der Waals surface area contributed by atoms with Crippen molar-refractivity contribution in [1.29, 1.82) is 0 Å². The first-order valence-electron chi connectivity index (χ1n) is 13.1. The topological polar surface area (TPSA) is 75.2 Å². The van der Waals surface area contributed by atoms with Crippen molar-refractivity contribution in [3.63, 3.8) is 0 Å². The summed E-state index contributed by atoms with van der Waals surface area (Å²) in [6, 6.07) is 13.1. The van der Waals surface area contributed by atoms with E-state index in [0.717, 1.165) is 74.0 Å². The molecule has 37 heavy (non-hydrogen) atoms. The summed E-state index contributed by atoms with van der Waals surface area (Å²) in [6.07, 6.45) is 0.863. The number of ether oxygens (including phenoxy) is 3. The molecule has 1 N–H and O–H groups in total. The first kappa shape index (κ1) is 25.5. The van der Waals surface area contributed by atoms with Gasteiger partial charge in [0.15, 0.2) is 6.79 Å². The SMILES string of the molecule is COCOc1cc(N2CCc3c(nc(O[C@H](C)CN(C)C)nc3N3CCNCC3)C2)c2ccccc2c1. The molecule has 1 saturated heterocycles. The molecule has 1 fully saturated rings. The van der Waals surface area contributed by atoms with Crippen molar-refractivity contribution >= 4 is 22.3 Å². The van der Waals surface area contributed by atoms with Gasteiger partial charge in [0, 0.05) is 69.1 Å². The van der Waals surface area contributed by atoms with Crippen molar-refractivity contribution in [2.45, 2.75) is 26.0 Å². The van der Waals surface area contributed by atoms with Crippen LogP contribution in [0.5, 0.6) is 11.8 Å². The first-order chi connectivity index (χ1) is 18.0. The molecule has 0 saturated carbocycles. The number of nitrogens with one attached hydrogen (secondary N) is 1. The summed E-state index contributed by atoms with van der Waals surface area (Å²) in [5.74, 6) is 1.83. The molecular weight excluding hydrogens is 468 g/mol. The van der Waals surface area contributed by atoms with Crippen molar-refractivity contribution in [3.8, 4) is 11.8 Å². The zero-order valence-electron chi connectivity index (χ0n) is 22.4. The number of piperazine rings is 1. The molecule has 1 atom stereocenters. The van der Waals surface area contributed by atoms with Crippen LogP contribution in [0.15, 0.2) is 36.4 Å². The fourth-order valence-corrected chi connectivity index (χ4v) is 5.25. The van der Waals surface area contributed by atoms with E-state index < -0.39 is 0 Å². The van der Waals surface area contributed by atoms with Crippen LogP contribution < -0.4 is 24.6 Å². The fourth-order valence-electron chi connectivity index (χ4n) is 5.25. The Labute approximate surface area is 219 Å².